The molecule has 1 aliphatic rings. The van der Waals surface area contributed by atoms with Crippen LogP contribution in [0.25, 0.3) is 0 Å². The summed E-state index contributed by atoms with van der Waals surface area (Å²) in [6.45, 7) is 11.3. The maximum atomic E-state index is 5.81. The Bertz CT molecular complexity index is 475. The van der Waals surface area contributed by atoms with E-state index in [-0.39, 0.29) is 6.10 Å². The molecule has 5 heteroatoms. The summed E-state index contributed by atoms with van der Waals surface area (Å²) >= 11 is 5.35. The zero-order chi connectivity index (χ0) is 15.9. The Hall–Kier alpha value is -1.17. The van der Waals surface area contributed by atoms with E-state index in [1.54, 1.807) is 0 Å². The van der Waals surface area contributed by atoms with Crippen molar-refractivity contribution in [3.05, 3.63) is 29.8 Å². The van der Waals surface area contributed by atoms with E-state index in [9.17, 15) is 0 Å². The number of anilines is 1. The van der Waals surface area contributed by atoms with Crippen LogP contribution in [0.5, 0.6) is 0 Å². The maximum Gasteiger partial charge on any atom is 0.170 e. The summed E-state index contributed by atoms with van der Waals surface area (Å²) in [5.74, 6) is 0.691. The normalized spacial score (nSPS) is 19.2. The largest absolute Gasteiger partial charge is 0.374 e. The highest BCUT2D eigenvalue weighted by Crippen LogP contribution is 2.09. The molecule has 1 aromatic rings. The van der Waals surface area contributed by atoms with Gasteiger partial charge in [-0.1, -0.05) is 31.5 Å². The van der Waals surface area contributed by atoms with E-state index in [0.29, 0.717) is 11.0 Å². The fraction of sp³-hybridized carbons (Fsp3) is 0.588. The van der Waals surface area contributed by atoms with Crippen LogP contribution in [0.15, 0.2) is 24.3 Å². The first-order valence-electron chi connectivity index (χ1n) is 7.98. The highest BCUT2D eigenvalue weighted by atomic mass is 32.1. The average molecular weight is 321 g/mol. The van der Waals surface area contributed by atoms with Crippen molar-refractivity contribution in [3.63, 3.8) is 0 Å². The van der Waals surface area contributed by atoms with Crippen LogP contribution in [0.1, 0.15) is 19.4 Å². The highest BCUT2D eigenvalue weighted by molar-refractivity contribution is 7.80. The lowest BCUT2D eigenvalue weighted by Gasteiger charge is -2.34. The molecule has 2 N–H and O–H groups in total. The Labute approximate surface area is 139 Å². The summed E-state index contributed by atoms with van der Waals surface area (Å²) < 4.78 is 5.81. The maximum absolute atomic E-state index is 5.81. The van der Waals surface area contributed by atoms with Gasteiger partial charge in [0.05, 0.1) is 12.7 Å². The molecule has 1 aliphatic heterocycles. The van der Waals surface area contributed by atoms with Crippen LogP contribution in [0.4, 0.5) is 5.69 Å². The van der Waals surface area contributed by atoms with Crippen molar-refractivity contribution in [2.75, 3.05) is 38.1 Å². The van der Waals surface area contributed by atoms with Crippen molar-refractivity contribution in [3.8, 4) is 0 Å². The predicted octanol–water partition coefficient (Wildman–Crippen LogP) is 2.64. The Morgan fingerprint density at radius 1 is 1.36 bits per heavy atom. The molecule has 1 fully saturated rings. The molecule has 0 amide bonds. The monoisotopic (exact) mass is 321 g/mol. The third-order valence-corrected chi connectivity index (χ3v) is 3.89. The molecule has 1 saturated heterocycles. The lowest BCUT2D eigenvalue weighted by atomic mass is 10.2. The van der Waals surface area contributed by atoms with Crippen molar-refractivity contribution in [2.24, 2.45) is 5.92 Å². The summed E-state index contributed by atoms with van der Waals surface area (Å²) in [6.07, 6.45) is 0.199. The molecular weight excluding hydrogens is 294 g/mol. The molecule has 1 heterocycles. The van der Waals surface area contributed by atoms with Crippen LogP contribution in [-0.2, 0) is 4.74 Å². The number of benzene rings is 1. The molecule has 0 aromatic heterocycles. The van der Waals surface area contributed by atoms with Gasteiger partial charge in [0.2, 0.25) is 0 Å². The summed E-state index contributed by atoms with van der Waals surface area (Å²) in [7, 11) is 0. The molecule has 122 valence electrons. The number of nitrogens with zero attached hydrogens (tertiary/aromatic N) is 1. The van der Waals surface area contributed by atoms with E-state index in [2.05, 4.69) is 48.4 Å². The summed E-state index contributed by atoms with van der Waals surface area (Å²) in [5.41, 5.74) is 2.25. The molecule has 0 saturated carbocycles. The number of hydrogen-bond acceptors (Lipinski definition) is 3. The Morgan fingerprint density at radius 3 is 2.77 bits per heavy atom. The van der Waals surface area contributed by atoms with Gasteiger partial charge in [-0.2, -0.15) is 0 Å². The standard InChI is InChI=1S/C17H27N3OS/c1-13(2)11-20-8-9-21-16(12-20)10-18-17(22)19-15-6-4-14(3)5-7-15/h4-7,13,16H,8-12H2,1-3H3,(H2,18,19,22)/t16-/m1/s1. The van der Waals surface area contributed by atoms with Crippen molar-refractivity contribution in [2.45, 2.75) is 26.9 Å². The molecule has 4 nitrogen and oxygen atoms in total. The smallest absolute Gasteiger partial charge is 0.170 e. The zero-order valence-corrected chi connectivity index (χ0v) is 14.6. The lowest BCUT2D eigenvalue weighted by molar-refractivity contribution is -0.0283. The number of thiocarbonyl (C=S) groups is 1. The van der Waals surface area contributed by atoms with Gasteiger partial charge in [0.15, 0.2) is 5.11 Å². The second kappa shape index (κ2) is 8.46. The van der Waals surface area contributed by atoms with Crippen molar-refractivity contribution in [1.29, 1.82) is 0 Å². The quantitative estimate of drug-likeness (QED) is 0.816. The van der Waals surface area contributed by atoms with Gasteiger partial charge >= 0.3 is 0 Å². The minimum Gasteiger partial charge on any atom is -0.374 e. The van der Waals surface area contributed by atoms with Crippen LogP contribution < -0.4 is 10.6 Å². The van der Waals surface area contributed by atoms with E-state index in [1.807, 2.05) is 12.1 Å². The molecule has 1 aromatic carbocycles. The second-order valence-electron chi connectivity index (χ2n) is 6.35. The third-order valence-electron chi connectivity index (χ3n) is 3.65. The van der Waals surface area contributed by atoms with Gasteiger partial charge in [0.1, 0.15) is 0 Å². The minimum absolute atomic E-state index is 0.199. The Morgan fingerprint density at radius 2 is 2.09 bits per heavy atom. The molecule has 0 spiro atoms. The summed E-state index contributed by atoms with van der Waals surface area (Å²) in [4.78, 5) is 2.47. The van der Waals surface area contributed by atoms with Gasteiger partial charge in [-0.3, -0.25) is 4.90 Å². The number of rotatable bonds is 5. The first-order chi connectivity index (χ1) is 10.5. The molecule has 0 radical (unpaired) electrons. The average Bonchev–Trinajstić information content (AvgIpc) is 2.47. The minimum atomic E-state index is 0.199. The van der Waals surface area contributed by atoms with Crippen LogP contribution >= 0.6 is 12.2 Å². The zero-order valence-electron chi connectivity index (χ0n) is 13.8. The van der Waals surface area contributed by atoms with Gasteiger partial charge in [-0.25, -0.2) is 0 Å². The van der Waals surface area contributed by atoms with Crippen molar-refractivity contribution in [1.82, 2.24) is 10.2 Å². The first-order valence-corrected chi connectivity index (χ1v) is 8.39. The number of ether oxygens (including phenoxy) is 1. The van der Waals surface area contributed by atoms with Crippen LogP contribution in [-0.4, -0.2) is 48.9 Å². The van der Waals surface area contributed by atoms with Gasteiger partial charge in [0.25, 0.3) is 0 Å². The van der Waals surface area contributed by atoms with Crippen LogP contribution in [0.3, 0.4) is 0 Å². The van der Waals surface area contributed by atoms with Crippen molar-refractivity contribution >= 4 is 23.0 Å². The molecular formula is C17H27N3OS. The van der Waals surface area contributed by atoms with Gasteiger partial charge in [0, 0.05) is 31.9 Å². The fourth-order valence-electron chi connectivity index (χ4n) is 2.60. The highest BCUT2D eigenvalue weighted by Gasteiger charge is 2.20. The van der Waals surface area contributed by atoms with E-state index < -0.39 is 0 Å². The van der Waals surface area contributed by atoms with Gasteiger partial charge in [-0.15, -0.1) is 0 Å². The Kier molecular flexibility index (Phi) is 6.61. The fourth-order valence-corrected chi connectivity index (χ4v) is 2.81. The van der Waals surface area contributed by atoms with E-state index >= 15 is 0 Å². The molecule has 0 unspecified atom stereocenters. The molecule has 0 bridgehead atoms. The molecule has 2 rings (SSSR count). The van der Waals surface area contributed by atoms with Gasteiger partial charge < -0.3 is 15.4 Å². The lowest BCUT2D eigenvalue weighted by Crippen LogP contribution is -2.48. The van der Waals surface area contributed by atoms with Crippen LogP contribution in [0.2, 0.25) is 0 Å². The van der Waals surface area contributed by atoms with Gasteiger partial charge in [-0.05, 0) is 37.2 Å². The Balaban J connectivity index is 1.72. The topological polar surface area (TPSA) is 36.5 Å². The third kappa shape index (κ3) is 5.91. The van der Waals surface area contributed by atoms with E-state index in [4.69, 9.17) is 17.0 Å². The second-order valence-corrected chi connectivity index (χ2v) is 6.76. The number of aryl methyl sites for hydroxylation is 1. The number of hydrogen-bond donors (Lipinski definition) is 2. The number of nitrogens with one attached hydrogen (secondary N) is 2. The first kappa shape index (κ1) is 17.2. The molecule has 22 heavy (non-hydrogen) atoms. The van der Waals surface area contributed by atoms with E-state index in [1.165, 1.54) is 5.56 Å². The predicted molar refractivity (Wildman–Crippen MR) is 96.4 cm³/mol. The molecule has 1 atom stereocenters. The summed E-state index contributed by atoms with van der Waals surface area (Å²) in [6, 6.07) is 8.20. The van der Waals surface area contributed by atoms with E-state index in [0.717, 1.165) is 38.5 Å². The van der Waals surface area contributed by atoms with Crippen LogP contribution in [0, 0.1) is 12.8 Å². The number of morpholine rings is 1. The molecule has 0 aliphatic carbocycles. The summed E-state index contributed by atoms with van der Waals surface area (Å²) in [5, 5.41) is 7.11. The SMILES string of the molecule is Cc1ccc(NC(=S)NC[C@@H]2CN(CC(C)C)CCO2)cc1. The van der Waals surface area contributed by atoms with Crippen molar-refractivity contribution < 1.29 is 4.74 Å².